The van der Waals surface area contributed by atoms with Gasteiger partial charge in [-0.25, -0.2) is 18.2 Å². The molecule has 1 aromatic heterocycles. The number of nitrogens with zero attached hydrogens (tertiary/aromatic N) is 5. The third-order valence-electron chi connectivity index (χ3n) is 3.37. The number of carbonyl (C=O) groups excluding carboxylic acids is 2. The monoisotopic (exact) mass is 402 g/mol. The van der Waals surface area contributed by atoms with Crippen LogP contribution in [-0.4, -0.2) is 65.9 Å². The molecule has 0 saturated carbocycles. The maximum absolute atomic E-state index is 12.5. The standard InChI is InChI=1S/C13H15ClN6O5S/c1-19-13(16-17-18-19)15-11(21)7-5-6-8(26(4,23)24)9(10(7)14)12(22)20(2)25-3/h5-6H,1-4H3,(H,15,16,18,21). The molecule has 1 N–H and O–H groups in total. The molecule has 2 rings (SSSR count). The van der Waals surface area contributed by atoms with E-state index in [0.717, 1.165) is 17.4 Å². The van der Waals surface area contributed by atoms with E-state index in [-0.39, 0.29) is 27.0 Å². The molecular formula is C13H15ClN6O5S. The Hall–Kier alpha value is -2.57. The molecule has 0 saturated heterocycles. The van der Waals surface area contributed by atoms with E-state index in [1.54, 1.807) is 0 Å². The van der Waals surface area contributed by atoms with E-state index < -0.39 is 21.7 Å². The van der Waals surface area contributed by atoms with Gasteiger partial charge in [-0.1, -0.05) is 16.7 Å². The highest BCUT2D eigenvalue weighted by Crippen LogP contribution is 2.29. The van der Waals surface area contributed by atoms with Crippen LogP contribution in [0.4, 0.5) is 5.95 Å². The fourth-order valence-electron chi connectivity index (χ4n) is 1.99. The first-order valence-electron chi connectivity index (χ1n) is 6.96. The third-order valence-corrected chi connectivity index (χ3v) is 4.90. The van der Waals surface area contributed by atoms with Gasteiger partial charge in [-0.15, -0.1) is 0 Å². The summed E-state index contributed by atoms with van der Waals surface area (Å²) in [5, 5.41) is 13.4. The first-order valence-corrected chi connectivity index (χ1v) is 9.23. The van der Waals surface area contributed by atoms with E-state index >= 15 is 0 Å². The predicted molar refractivity (Wildman–Crippen MR) is 90.4 cm³/mol. The number of hydroxylamine groups is 2. The molecule has 140 valence electrons. The second-order valence-electron chi connectivity index (χ2n) is 5.14. The zero-order valence-electron chi connectivity index (χ0n) is 14.2. The summed E-state index contributed by atoms with van der Waals surface area (Å²) in [6, 6.07) is 2.32. The van der Waals surface area contributed by atoms with Gasteiger partial charge in [-0.3, -0.25) is 19.7 Å². The molecule has 1 heterocycles. The molecule has 0 unspecified atom stereocenters. The van der Waals surface area contributed by atoms with Gasteiger partial charge in [0.1, 0.15) is 0 Å². The molecule has 2 amide bonds. The number of anilines is 1. The van der Waals surface area contributed by atoms with Gasteiger partial charge in [0, 0.05) is 20.4 Å². The van der Waals surface area contributed by atoms with Crippen LogP contribution >= 0.6 is 11.6 Å². The SMILES string of the molecule is CON(C)C(=O)c1c(S(C)(=O)=O)ccc(C(=O)Nc2nnnn2C)c1Cl. The van der Waals surface area contributed by atoms with Crippen molar-refractivity contribution < 1.29 is 22.8 Å². The van der Waals surface area contributed by atoms with Crippen LogP contribution in [0.1, 0.15) is 20.7 Å². The maximum Gasteiger partial charge on any atom is 0.280 e. The maximum atomic E-state index is 12.5. The van der Waals surface area contributed by atoms with E-state index in [2.05, 4.69) is 20.8 Å². The normalized spacial score (nSPS) is 11.3. The van der Waals surface area contributed by atoms with Crippen molar-refractivity contribution in [3.63, 3.8) is 0 Å². The molecule has 26 heavy (non-hydrogen) atoms. The lowest BCUT2D eigenvalue weighted by molar-refractivity contribution is -0.0759. The molecule has 13 heteroatoms. The number of sulfone groups is 1. The zero-order chi connectivity index (χ0) is 19.6. The molecule has 11 nitrogen and oxygen atoms in total. The number of amides is 2. The summed E-state index contributed by atoms with van der Waals surface area (Å²) in [6.45, 7) is 0. The molecule has 2 aromatic rings. The van der Waals surface area contributed by atoms with E-state index in [9.17, 15) is 18.0 Å². The van der Waals surface area contributed by atoms with Gasteiger partial charge in [-0.05, 0) is 22.6 Å². The number of hydrogen-bond acceptors (Lipinski definition) is 8. The van der Waals surface area contributed by atoms with E-state index in [0.29, 0.717) is 0 Å². The van der Waals surface area contributed by atoms with Crippen molar-refractivity contribution in [2.24, 2.45) is 7.05 Å². The summed E-state index contributed by atoms with van der Waals surface area (Å²) in [6.07, 6.45) is 0.924. The minimum absolute atomic E-state index is 0.0418. The fraction of sp³-hybridized carbons (Fsp3) is 0.308. The van der Waals surface area contributed by atoms with Gasteiger partial charge in [0.2, 0.25) is 5.95 Å². The second-order valence-corrected chi connectivity index (χ2v) is 7.50. The Labute approximate surface area is 153 Å². The molecule has 0 atom stereocenters. The number of nitrogens with one attached hydrogen (secondary N) is 1. The lowest BCUT2D eigenvalue weighted by atomic mass is 10.1. The van der Waals surface area contributed by atoms with Crippen LogP contribution in [0.2, 0.25) is 5.02 Å². The Morgan fingerprint density at radius 3 is 2.50 bits per heavy atom. The Balaban J connectivity index is 2.58. The largest absolute Gasteiger partial charge is 0.289 e. The van der Waals surface area contributed by atoms with Crippen LogP contribution in [0.25, 0.3) is 0 Å². The summed E-state index contributed by atoms with van der Waals surface area (Å²) in [7, 11) is 0.215. The number of aryl methyl sites for hydroxylation is 1. The number of tetrazole rings is 1. The average molecular weight is 403 g/mol. The van der Waals surface area contributed by atoms with Crippen LogP contribution in [0.3, 0.4) is 0 Å². The molecule has 0 aliphatic carbocycles. The van der Waals surface area contributed by atoms with Crippen molar-refractivity contribution in [2.45, 2.75) is 4.90 Å². The van der Waals surface area contributed by atoms with Crippen molar-refractivity contribution in [1.82, 2.24) is 25.3 Å². The summed E-state index contributed by atoms with van der Waals surface area (Å²) in [4.78, 5) is 29.4. The van der Waals surface area contributed by atoms with Gasteiger partial charge in [0.15, 0.2) is 9.84 Å². The summed E-state index contributed by atoms with van der Waals surface area (Å²) < 4.78 is 25.2. The number of halogens is 1. The highest BCUT2D eigenvalue weighted by molar-refractivity contribution is 7.90. The van der Waals surface area contributed by atoms with E-state index in [4.69, 9.17) is 16.4 Å². The molecule has 0 fully saturated rings. The summed E-state index contributed by atoms with van der Waals surface area (Å²) in [5.74, 6) is -1.50. The van der Waals surface area contributed by atoms with Crippen molar-refractivity contribution in [1.29, 1.82) is 0 Å². The van der Waals surface area contributed by atoms with E-state index in [1.807, 2.05) is 0 Å². The Morgan fingerprint density at radius 2 is 2.00 bits per heavy atom. The van der Waals surface area contributed by atoms with E-state index in [1.165, 1.54) is 32.0 Å². The molecule has 0 spiro atoms. The van der Waals surface area contributed by atoms with Crippen LogP contribution in [0.15, 0.2) is 17.0 Å². The highest BCUT2D eigenvalue weighted by Gasteiger charge is 2.28. The second kappa shape index (κ2) is 7.35. The number of carbonyl (C=O) groups is 2. The Kier molecular flexibility index (Phi) is 5.59. The Morgan fingerprint density at radius 1 is 1.35 bits per heavy atom. The first kappa shape index (κ1) is 19.8. The highest BCUT2D eigenvalue weighted by atomic mass is 35.5. The molecule has 0 aliphatic heterocycles. The van der Waals surface area contributed by atoms with Gasteiger partial charge in [0.05, 0.1) is 28.2 Å². The minimum Gasteiger partial charge on any atom is -0.289 e. The van der Waals surface area contributed by atoms with Gasteiger partial charge < -0.3 is 0 Å². The number of hydrogen-bond donors (Lipinski definition) is 1. The van der Waals surface area contributed by atoms with Crippen LogP contribution in [0.5, 0.6) is 0 Å². The van der Waals surface area contributed by atoms with Crippen LogP contribution in [-0.2, 0) is 21.7 Å². The fourth-order valence-corrected chi connectivity index (χ4v) is 3.25. The zero-order valence-corrected chi connectivity index (χ0v) is 15.8. The lowest BCUT2D eigenvalue weighted by Crippen LogP contribution is -2.28. The van der Waals surface area contributed by atoms with Crippen molar-refractivity contribution >= 4 is 39.2 Å². The smallest absolute Gasteiger partial charge is 0.280 e. The number of benzene rings is 1. The predicted octanol–water partition coefficient (Wildman–Crippen LogP) is 0.153. The summed E-state index contributed by atoms with van der Waals surface area (Å²) >= 11 is 6.20. The first-order chi connectivity index (χ1) is 12.1. The van der Waals surface area contributed by atoms with Crippen LogP contribution in [0, 0.1) is 0 Å². The molecular weight excluding hydrogens is 388 g/mol. The van der Waals surface area contributed by atoms with Crippen molar-refractivity contribution in [3.8, 4) is 0 Å². The summed E-state index contributed by atoms with van der Waals surface area (Å²) in [5.41, 5.74) is -0.503. The number of aromatic nitrogens is 4. The quantitative estimate of drug-likeness (QED) is 0.698. The molecule has 0 bridgehead atoms. The minimum atomic E-state index is -3.80. The topological polar surface area (TPSA) is 136 Å². The van der Waals surface area contributed by atoms with Gasteiger partial charge >= 0.3 is 0 Å². The third kappa shape index (κ3) is 3.81. The number of rotatable bonds is 5. The van der Waals surface area contributed by atoms with Crippen LogP contribution < -0.4 is 5.32 Å². The Bertz CT molecular complexity index is 973. The average Bonchev–Trinajstić information content (AvgIpc) is 2.96. The van der Waals surface area contributed by atoms with Gasteiger partial charge in [0.25, 0.3) is 11.8 Å². The molecule has 0 aliphatic rings. The lowest BCUT2D eigenvalue weighted by Gasteiger charge is -2.18. The van der Waals surface area contributed by atoms with Crippen molar-refractivity contribution in [3.05, 3.63) is 28.3 Å². The molecule has 1 aromatic carbocycles. The molecule has 0 radical (unpaired) electrons. The van der Waals surface area contributed by atoms with Gasteiger partial charge in [-0.2, -0.15) is 0 Å². The van der Waals surface area contributed by atoms with Crippen molar-refractivity contribution in [2.75, 3.05) is 25.7 Å².